The summed E-state index contributed by atoms with van der Waals surface area (Å²) >= 11 is 0. The van der Waals surface area contributed by atoms with E-state index in [2.05, 4.69) is 4.72 Å². The lowest BCUT2D eigenvalue weighted by Crippen LogP contribution is -2.38. The molecular weight excluding hydrogens is 240 g/mol. The molecule has 5 nitrogen and oxygen atoms in total. The number of nitriles is 1. The molecule has 0 saturated heterocycles. The molecule has 17 heavy (non-hydrogen) atoms. The highest BCUT2D eigenvalue weighted by Gasteiger charge is 2.26. The van der Waals surface area contributed by atoms with Crippen molar-refractivity contribution in [3.8, 4) is 6.07 Å². The third-order valence-electron chi connectivity index (χ3n) is 3.22. The van der Waals surface area contributed by atoms with Crippen molar-refractivity contribution in [1.82, 2.24) is 4.72 Å². The van der Waals surface area contributed by atoms with E-state index in [0.717, 1.165) is 19.3 Å². The molecule has 0 amide bonds. The highest BCUT2D eigenvalue weighted by Crippen LogP contribution is 2.23. The van der Waals surface area contributed by atoms with E-state index < -0.39 is 15.3 Å². The van der Waals surface area contributed by atoms with Crippen molar-refractivity contribution in [3.63, 3.8) is 0 Å². The molecule has 3 atom stereocenters. The zero-order valence-electron chi connectivity index (χ0n) is 10.1. The van der Waals surface area contributed by atoms with Crippen molar-refractivity contribution in [2.24, 2.45) is 5.92 Å². The van der Waals surface area contributed by atoms with Gasteiger partial charge < -0.3 is 5.11 Å². The van der Waals surface area contributed by atoms with Crippen LogP contribution in [0.3, 0.4) is 0 Å². The second-order valence-electron chi connectivity index (χ2n) is 4.61. The molecule has 1 rings (SSSR count). The molecule has 98 valence electrons. The standard InChI is InChI=1S/C11H20N2O3S/c1-2-11(7-12)17(15,16)13-8-9-4-3-5-10(14)6-9/h9-11,13-14H,2-6,8H2,1H3. The van der Waals surface area contributed by atoms with E-state index in [1.165, 1.54) is 0 Å². The maximum Gasteiger partial charge on any atom is 0.227 e. The number of hydrogen-bond donors (Lipinski definition) is 2. The fraction of sp³-hybridized carbons (Fsp3) is 0.909. The fourth-order valence-corrected chi connectivity index (χ4v) is 3.41. The van der Waals surface area contributed by atoms with E-state index >= 15 is 0 Å². The van der Waals surface area contributed by atoms with Crippen LogP contribution in [0.1, 0.15) is 39.0 Å². The Hall–Kier alpha value is -0.640. The zero-order chi connectivity index (χ0) is 12.9. The predicted molar refractivity (Wildman–Crippen MR) is 64.6 cm³/mol. The average molecular weight is 260 g/mol. The third kappa shape index (κ3) is 4.26. The van der Waals surface area contributed by atoms with E-state index in [9.17, 15) is 13.5 Å². The largest absolute Gasteiger partial charge is 0.393 e. The molecule has 0 bridgehead atoms. The molecule has 1 aliphatic rings. The van der Waals surface area contributed by atoms with E-state index in [1.54, 1.807) is 13.0 Å². The maximum absolute atomic E-state index is 11.7. The summed E-state index contributed by atoms with van der Waals surface area (Å²) in [6.07, 6.45) is 3.30. The van der Waals surface area contributed by atoms with Crippen molar-refractivity contribution in [3.05, 3.63) is 0 Å². The minimum Gasteiger partial charge on any atom is -0.393 e. The summed E-state index contributed by atoms with van der Waals surface area (Å²) in [5.74, 6) is 0.185. The van der Waals surface area contributed by atoms with Crippen molar-refractivity contribution in [2.75, 3.05) is 6.54 Å². The van der Waals surface area contributed by atoms with Crippen LogP contribution in [0.4, 0.5) is 0 Å². The van der Waals surface area contributed by atoms with Crippen LogP contribution in [-0.4, -0.2) is 31.4 Å². The Labute approximate surface area is 103 Å². The number of nitrogens with zero attached hydrogens (tertiary/aromatic N) is 1. The van der Waals surface area contributed by atoms with Gasteiger partial charge in [0.2, 0.25) is 10.0 Å². The molecule has 0 aromatic carbocycles. The van der Waals surface area contributed by atoms with E-state index in [-0.39, 0.29) is 12.0 Å². The maximum atomic E-state index is 11.7. The summed E-state index contributed by atoms with van der Waals surface area (Å²) in [5, 5.41) is 17.2. The Kier molecular flexibility index (Phi) is 5.37. The first-order valence-corrected chi connectivity index (χ1v) is 7.60. The van der Waals surface area contributed by atoms with E-state index in [0.29, 0.717) is 19.4 Å². The molecule has 0 aliphatic heterocycles. The molecule has 6 heteroatoms. The van der Waals surface area contributed by atoms with Crippen LogP contribution in [0, 0.1) is 17.2 Å². The number of sulfonamides is 1. The molecule has 1 saturated carbocycles. The van der Waals surface area contributed by atoms with Crippen molar-refractivity contribution in [1.29, 1.82) is 5.26 Å². The second kappa shape index (κ2) is 6.34. The van der Waals surface area contributed by atoms with Gasteiger partial charge in [0.15, 0.2) is 5.25 Å². The quantitative estimate of drug-likeness (QED) is 0.763. The summed E-state index contributed by atoms with van der Waals surface area (Å²) in [4.78, 5) is 0. The number of rotatable bonds is 5. The van der Waals surface area contributed by atoms with Gasteiger partial charge in [-0.25, -0.2) is 13.1 Å². The molecule has 0 spiro atoms. The molecule has 2 N–H and O–H groups in total. The van der Waals surface area contributed by atoms with Gasteiger partial charge in [-0.05, 0) is 31.6 Å². The van der Waals surface area contributed by atoms with Gasteiger partial charge in [-0.15, -0.1) is 0 Å². The summed E-state index contributed by atoms with van der Waals surface area (Å²) in [5.41, 5.74) is 0. The first-order chi connectivity index (χ1) is 7.99. The minimum atomic E-state index is -3.53. The fourth-order valence-electron chi connectivity index (χ4n) is 2.16. The minimum absolute atomic E-state index is 0.185. The first kappa shape index (κ1) is 14.4. The van der Waals surface area contributed by atoms with E-state index in [1.807, 2.05) is 0 Å². The smallest absolute Gasteiger partial charge is 0.227 e. The topological polar surface area (TPSA) is 90.2 Å². The molecule has 0 aromatic rings. The predicted octanol–water partition coefficient (Wildman–Crippen LogP) is 0.759. The normalized spacial score (nSPS) is 27.4. The van der Waals surface area contributed by atoms with Crippen molar-refractivity contribution < 1.29 is 13.5 Å². The molecule has 0 heterocycles. The summed E-state index contributed by atoms with van der Waals surface area (Å²) in [6, 6.07) is 1.79. The Morgan fingerprint density at radius 3 is 2.76 bits per heavy atom. The van der Waals surface area contributed by atoms with Gasteiger partial charge in [-0.1, -0.05) is 13.3 Å². The van der Waals surface area contributed by atoms with Crippen LogP contribution < -0.4 is 4.72 Å². The zero-order valence-corrected chi connectivity index (χ0v) is 10.9. The molecule has 0 radical (unpaired) electrons. The Morgan fingerprint density at radius 1 is 1.53 bits per heavy atom. The van der Waals surface area contributed by atoms with Gasteiger partial charge in [0, 0.05) is 6.54 Å². The summed E-state index contributed by atoms with van der Waals surface area (Å²) in [7, 11) is -3.53. The van der Waals surface area contributed by atoms with Crippen LogP contribution in [0.15, 0.2) is 0 Å². The van der Waals surface area contributed by atoms with Gasteiger partial charge in [0.05, 0.1) is 12.2 Å². The van der Waals surface area contributed by atoms with Gasteiger partial charge in [0.25, 0.3) is 0 Å². The highest BCUT2D eigenvalue weighted by molar-refractivity contribution is 7.90. The SMILES string of the molecule is CCC(C#N)S(=O)(=O)NCC1CCCC(O)C1. The van der Waals surface area contributed by atoms with Gasteiger partial charge in [-0.3, -0.25) is 0 Å². The average Bonchev–Trinajstić information content (AvgIpc) is 2.28. The first-order valence-electron chi connectivity index (χ1n) is 6.05. The number of aliphatic hydroxyl groups excluding tert-OH is 1. The Morgan fingerprint density at radius 2 is 2.24 bits per heavy atom. The van der Waals surface area contributed by atoms with Crippen molar-refractivity contribution >= 4 is 10.0 Å². The number of nitrogens with one attached hydrogen (secondary N) is 1. The van der Waals surface area contributed by atoms with E-state index in [4.69, 9.17) is 5.26 Å². The second-order valence-corrected chi connectivity index (χ2v) is 6.55. The molecule has 1 fully saturated rings. The number of hydrogen-bond acceptors (Lipinski definition) is 4. The van der Waals surface area contributed by atoms with Gasteiger partial charge in [0.1, 0.15) is 0 Å². The van der Waals surface area contributed by atoms with Crippen LogP contribution in [0.25, 0.3) is 0 Å². The Balaban J connectivity index is 2.47. The highest BCUT2D eigenvalue weighted by atomic mass is 32.2. The van der Waals surface area contributed by atoms with Crippen LogP contribution in [-0.2, 0) is 10.0 Å². The molecule has 3 unspecified atom stereocenters. The number of aliphatic hydroxyl groups is 1. The summed E-state index contributed by atoms with van der Waals surface area (Å²) < 4.78 is 25.9. The van der Waals surface area contributed by atoms with Gasteiger partial charge >= 0.3 is 0 Å². The summed E-state index contributed by atoms with van der Waals surface area (Å²) in [6.45, 7) is 2.01. The van der Waals surface area contributed by atoms with Gasteiger partial charge in [-0.2, -0.15) is 5.26 Å². The molecule has 0 aromatic heterocycles. The molecular formula is C11H20N2O3S. The van der Waals surface area contributed by atoms with Crippen LogP contribution in [0.5, 0.6) is 0 Å². The third-order valence-corrected chi connectivity index (χ3v) is 4.97. The Bertz CT molecular complexity index is 375. The van der Waals surface area contributed by atoms with Crippen LogP contribution in [0.2, 0.25) is 0 Å². The lowest BCUT2D eigenvalue weighted by atomic mass is 9.87. The van der Waals surface area contributed by atoms with Crippen molar-refractivity contribution in [2.45, 2.75) is 50.4 Å². The molecule has 1 aliphatic carbocycles. The lowest BCUT2D eigenvalue weighted by molar-refractivity contribution is 0.102. The van der Waals surface area contributed by atoms with Crippen LogP contribution >= 0.6 is 0 Å². The lowest BCUT2D eigenvalue weighted by Gasteiger charge is -2.26. The monoisotopic (exact) mass is 260 g/mol.